The van der Waals surface area contributed by atoms with Crippen molar-refractivity contribution in [3.8, 4) is 11.3 Å². The van der Waals surface area contributed by atoms with Crippen LogP contribution in [-0.2, 0) is 0 Å². The molecule has 0 fully saturated rings. The van der Waals surface area contributed by atoms with E-state index in [-0.39, 0.29) is 0 Å². The van der Waals surface area contributed by atoms with Gasteiger partial charge >= 0.3 is 0 Å². The Labute approximate surface area is 153 Å². The first-order valence-corrected chi connectivity index (χ1v) is 8.93. The normalized spacial score (nSPS) is 12.2. The highest BCUT2D eigenvalue weighted by Crippen LogP contribution is 2.30. The molecule has 0 aliphatic carbocycles. The summed E-state index contributed by atoms with van der Waals surface area (Å²) in [6, 6.07) is 9.18. The number of thiazole rings is 1. The van der Waals surface area contributed by atoms with Crippen LogP contribution >= 0.6 is 34.5 Å². The molecule has 0 bridgehead atoms. The third-order valence-corrected chi connectivity index (χ3v) is 4.61. The summed E-state index contributed by atoms with van der Waals surface area (Å²) in [5.41, 5.74) is 2.57. The molecule has 0 N–H and O–H groups in total. The minimum absolute atomic E-state index is 0.616. The van der Waals surface area contributed by atoms with E-state index in [2.05, 4.69) is 15.1 Å². The maximum Gasteiger partial charge on any atom is 0.206 e. The lowest BCUT2D eigenvalue weighted by Crippen LogP contribution is -2.12. The lowest BCUT2D eigenvalue weighted by atomic mass is 10.2. The van der Waals surface area contributed by atoms with E-state index in [0.717, 1.165) is 21.6 Å². The van der Waals surface area contributed by atoms with Crippen LogP contribution < -0.4 is 4.80 Å². The van der Waals surface area contributed by atoms with Crippen LogP contribution in [0.4, 0.5) is 0 Å². The highest BCUT2D eigenvalue weighted by Gasteiger charge is 2.11. The van der Waals surface area contributed by atoms with E-state index in [9.17, 15) is 0 Å². The molecule has 2 heterocycles. The molecule has 0 unspecified atom stereocenters. The van der Waals surface area contributed by atoms with Crippen molar-refractivity contribution in [3.05, 3.63) is 68.5 Å². The molecule has 4 nitrogen and oxygen atoms in total. The lowest BCUT2D eigenvalue weighted by Gasteiger charge is -2.06. The van der Waals surface area contributed by atoms with Gasteiger partial charge in [0.25, 0.3) is 0 Å². The predicted molar refractivity (Wildman–Crippen MR) is 101 cm³/mol. The Kier molecular flexibility index (Phi) is 5.45. The molecule has 0 amide bonds. The van der Waals surface area contributed by atoms with Crippen LogP contribution in [0.5, 0.6) is 0 Å². The molecule has 0 spiro atoms. The van der Waals surface area contributed by atoms with Crippen molar-refractivity contribution in [2.45, 2.75) is 6.92 Å². The molecular formula is C17H14Cl2N4S. The predicted octanol–water partition coefficient (Wildman–Crippen LogP) is 4.72. The van der Waals surface area contributed by atoms with E-state index in [4.69, 9.17) is 23.2 Å². The van der Waals surface area contributed by atoms with Gasteiger partial charge in [0.2, 0.25) is 4.80 Å². The standard InChI is InChI=1S/C17H14Cl2N4S/c1-2-21-17-23(22-10-12-4-3-7-20-9-12)16(11-24-17)14-8-13(18)5-6-15(14)19/h3-11H,2H2,1H3. The van der Waals surface area contributed by atoms with Gasteiger partial charge in [-0.1, -0.05) is 29.3 Å². The van der Waals surface area contributed by atoms with Crippen molar-refractivity contribution in [2.24, 2.45) is 10.1 Å². The summed E-state index contributed by atoms with van der Waals surface area (Å²) in [5, 5.41) is 7.79. The van der Waals surface area contributed by atoms with Crippen molar-refractivity contribution in [1.82, 2.24) is 9.66 Å². The van der Waals surface area contributed by atoms with Crippen molar-refractivity contribution in [1.29, 1.82) is 0 Å². The Balaban J connectivity index is 2.13. The minimum Gasteiger partial charge on any atom is -0.264 e. The van der Waals surface area contributed by atoms with E-state index in [1.54, 1.807) is 35.4 Å². The molecule has 3 rings (SSSR count). The van der Waals surface area contributed by atoms with Crippen molar-refractivity contribution in [3.63, 3.8) is 0 Å². The van der Waals surface area contributed by atoms with Gasteiger partial charge in [0.1, 0.15) is 0 Å². The molecule has 2 aromatic heterocycles. The second-order valence-corrected chi connectivity index (χ2v) is 6.52. The lowest BCUT2D eigenvalue weighted by molar-refractivity contribution is 0.833. The summed E-state index contributed by atoms with van der Waals surface area (Å²) in [4.78, 5) is 9.38. The second-order valence-electron chi connectivity index (χ2n) is 4.84. The van der Waals surface area contributed by atoms with Crippen LogP contribution in [0.1, 0.15) is 12.5 Å². The summed E-state index contributed by atoms with van der Waals surface area (Å²) in [6.45, 7) is 2.66. The largest absolute Gasteiger partial charge is 0.264 e. The number of benzene rings is 1. The SMILES string of the molecule is CCN=c1scc(-c2cc(Cl)ccc2Cl)n1N=Cc1cccnc1. The van der Waals surface area contributed by atoms with Crippen LogP contribution in [0.2, 0.25) is 10.0 Å². The Hall–Kier alpha value is -1.95. The maximum absolute atomic E-state index is 6.35. The molecule has 0 radical (unpaired) electrons. The number of hydrogen-bond donors (Lipinski definition) is 0. The van der Waals surface area contributed by atoms with Gasteiger partial charge in [-0.15, -0.1) is 11.3 Å². The summed E-state index contributed by atoms with van der Waals surface area (Å²) < 4.78 is 1.78. The summed E-state index contributed by atoms with van der Waals surface area (Å²) in [7, 11) is 0. The Morgan fingerprint density at radius 2 is 2.17 bits per heavy atom. The van der Waals surface area contributed by atoms with E-state index < -0.39 is 0 Å². The van der Waals surface area contributed by atoms with Gasteiger partial charge in [0, 0.05) is 40.5 Å². The first kappa shape index (κ1) is 16.9. The van der Waals surface area contributed by atoms with Gasteiger partial charge in [0.15, 0.2) is 0 Å². The smallest absolute Gasteiger partial charge is 0.206 e. The van der Waals surface area contributed by atoms with Crippen LogP contribution in [0.25, 0.3) is 11.3 Å². The summed E-state index contributed by atoms with van der Waals surface area (Å²) in [5.74, 6) is 0. The molecule has 7 heteroatoms. The van der Waals surface area contributed by atoms with E-state index >= 15 is 0 Å². The Morgan fingerprint density at radius 1 is 1.29 bits per heavy atom. The van der Waals surface area contributed by atoms with Crippen LogP contribution in [0.15, 0.2) is 58.2 Å². The fourth-order valence-corrected chi connectivity index (χ4v) is 3.39. The fraction of sp³-hybridized carbons (Fsp3) is 0.118. The molecule has 24 heavy (non-hydrogen) atoms. The van der Waals surface area contributed by atoms with Gasteiger partial charge in [-0.2, -0.15) is 5.10 Å². The maximum atomic E-state index is 6.35. The number of halogens is 2. The molecule has 0 atom stereocenters. The number of hydrogen-bond acceptors (Lipinski definition) is 4. The van der Waals surface area contributed by atoms with Gasteiger partial charge < -0.3 is 0 Å². The second kappa shape index (κ2) is 7.75. The molecule has 0 aliphatic heterocycles. The summed E-state index contributed by atoms with van der Waals surface area (Å²) in [6.07, 6.45) is 5.22. The number of pyridine rings is 1. The number of aromatic nitrogens is 2. The van der Waals surface area contributed by atoms with Gasteiger partial charge in [0.05, 0.1) is 16.9 Å². The molecule has 0 saturated heterocycles. The van der Waals surface area contributed by atoms with Crippen LogP contribution in [-0.4, -0.2) is 22.4 Å². The van der Waals surface area contributed by atoms with Crippen molar-refractivity contribution < 1.29 is 0 Å². The van der Waals surface area contributed by atoms with Gasteiger partial charge in [-0.05, 0) is 31.2 Å². The zero-order valence-corrected chi connectivity index (χ0v) is 15.2. The molecule has 122 valence electrons. The van der Waals surface area contributed by atoms with Crippen LogP contribution in [0, 0.1) is 0 Å². The molecule has 1 aromatic carbocycles. The highest BCUT2D eigenvalue weighted by atomic mass is 35.5. The molecule has 0 aliphatic rings. The highest BCUT2D eigenvalue weighted by molar-refractivity contribution is 7.07. The van der Waals surface area contributed by atoms with Gasteiger partial charge in [-0.25, -0.2) is 4.68 Å². The third-order valence-electron chi connectivity index (χ3n) is 3.19. The van der Waals surface area contributed by atoms with Crippen molar-refractivity contribution >= 4 is 40.8 Å². The van der Waals surface area contributed by atoms with E-state index in [1.807, 2.05) is 30.5 Å². The van der Waals surface area contributed by atoms with E-state index in [1.165, 1.54) is 11.3 Å². The topological polar surface area (TPSA) is 42.5 Å². The number of rotatable bonds is 4. The van der Waals surface area contributed by atoms with Crippen molar-refractivity contribution in [2.75, 3.05) is 6.54 Å². The average Bonchev–Trinajstić information content (AvgIpc) is 2.99. The third kappa shape index (κ3) is 3.75. The zero-order valence-electron chi connectivity index (χ0n) is 12.9. The first-order valence-electron chi connectivity index (χ1n) is 7.30. The fourth-order valence-electron chi connectivity index (χ4n) is 2.11. The Morgan fingerprint density at radius 3 is 2.92 bits per heavy atom. The minimum atomic E-state index is 0.616. The van der Waals surface area contributed by atoms with Gasteiger partial charge in [-0.3, -0.25) is 9.98 Å². The summed E-state index contributed by atoms with van der Waals surface area (Å²) >= 11 is 14.0. The number of nitrogens with zero attached hydrogens (tertiary/aromatic N) is 4. The van der Waals surface area contributed by atoms with Crippen LogP contribution in [0.3, 0.4) is 0 Å². The molecule has 0 saturated carbocycles. The average molecular weight is 377 g/mol. The van der Waals surface area contributed by atoms with E-state index in [0.29, 0.717) is 16.6 Å². The molecule has 3 aromatic rings. The quantitative estimate of drug-likeness (QED) is 0.607. The zero-order chi connectivity index (χ0) is 16.9. The first-order chi connectivity index (χ1) is 11.7. The Bertz CT molecular complexity index is 929. The molecular weight excluding hydrogens is 363 g/mol. The monoisotopic (exact) mass is 376 g/mol.